The number of alkyl halides is 3. The predicted molar refractivity (Wildman–Crippen MR) is 30.9 cm³/mol. The molecule has 0 N–H and O–H groups in total. The van der Waals surface area contributed by atoms with Gasteiger partial charge in [-0.3, -0.25) is 0 Å². The SMILES string of the molecule is CCc1cc(C(F)(F)F)no1. The van der Waals surface area contributed by atoms with E-state index in [2.05, 4.69) is 9.68 Å². The molecule has 2 nitrogen and oxygen atoms in total. The monoisotopic (exact) mass is 165 g/mol. The van der Waals surface area contributed by atoms with E-state index in [1.165, 1.54) is 0 Å². The number of aromatic nitrogens is 1. The van der Waals surface area contributed by atoms with Gasteiger partial charge in [-0.05, 0) is 0 Å². The first kappa shape index (κ1) is 8.10. The summed E-state index contributed by atoms with van der Waals surface area (Å²) in [5.41, 5.74) is -0.964. The van der Waals surface area contributed by atoms with E-state index >= 15 is 0 Å². The summed E-state index contributed by atoms with van der Waals surface area (Å²) in [5.74, 6) is 0.248. The highest BCUT2D eigenvalue weighted by molar-refractivity contribution is 5.08. The normalized spacial score (nSPS) is 12.0. The standard InChI is InChI=1S/C6H6F3NO/c1-2-4-3-5(10-11-4)6(7,8)9/h3H,2H2,1H3. The molecule has 0 spiro atoms. The molecule has 0 saturated carbocycles. The Labute approximate surface area is 61.0 Å². The van der Waals surface area contributed by atoms with Crippen LogP contribution in [0.2, 0.25) is 0 Å². The highest BCUT2D eigenvalue weighted by Crippen LogP contribution is 2.28. The zero-order valence-corrected chi connectivity index (χ0v) is 5.77. The molecule has 1 heterocycles. The van der Waals surface area contributed by atoms with Gasteiger partial charge >= 0.3 is 6.18 Å². The molecule has 0 amide bonds. The van der Waals surface area contributed by atoms with Crippen LogP contribution in [0.1, 0.15) is 18.4 Å². The maximum atomic E-state index is 11.8. The van der Waals surface area contributed by atoms with Gasteiger partial charge in [-0.15, -0.1) is 0 Å². The maximum Gasteiger partial charge on any atom is 0.436 e. The van der Waals surface area contributed by atoms with Gasteiger partial charge in [0.15, 0.2) is 5.69 Å². The van der Waals surface area contributed by atoms with Gasteiger partial charge in [-0.2, -0.15) is 13.2 Å². The topological polar surface area (TPSA) is 26.0 Å². The van der Waals surface area contributed by atoms with Crippen molar-refractivity contribution in [3.8, 4) is 0 Å². The van der Waals surface area contributed by atoms with Crippen molar-refractivity contribution in [2.24, 2.45) is 0 Å². The molecule has 1 rings (SSSR count). The lowest BCUT2D eigenvalue weighted by Gasteiger charge is -1.97. The summed E-state index contributed by atoms with van der Waals surface area (Å²) in [6.45, 7) is 1.70. The van der Waals surface area contributed by atoms with Crippen molar-refractivity contribution in [1.29, 1.82) is 0 Å². The second kappa shape index (κ2) is 2.56. The molecular formula is C6H6F3NO. The summed E-state index contributed by atoms with van der Waals surface area (Å²) < 4.78 is 39.8. The molecule has 0 aromatic carbocycles. The van der Waals surface area contributed by atoms with Crippen LogP contribution < -0.4 is 0 Å². The van der Waals surface area contributed by atoms with Gasteiger partial charge < -0.3 is 4.52 Å². The molecule has 0 radical (unpaired) electrons. The van der Waals surface area contributed by atoms with Crippen LogP contribution in [-0.2, 0) is 12.6 Å². The third kappa shape index (κ3) is 1.72. The Bertz CT molecular complexity index is 240. The molecule has 0 unspecified atom stereocenters. The molecule has 0 saturated heterocycles. The molecule has 1 aromatic rings. The Morgan fingerprint density at radius 2 is 2.18 bits per heavy atom. The number of hydrogen-bond acceptors (Lipinski definition) is 2. The zero-order chi connectivity index (χ0) is 8.48. The average molecular weight is 165 g/mol. The molecule has 0 aliphatic carbocycles. The fraction of sp³-hybridized carbons (Fsp3) is 0.500. The van der Waals surface area contributed by atoms with Crippen LogP contribution >= 0.6 is 0 Å². The van der Waals surface area contributed by atoms with Crippen molar-refractivity contribution in [2.45, 2.75) is 19.5 Å². The van der Waals surface area contributed by atoms with Crippen molar-refractivity contribution in [2.75, 3.05) is 0 Å². The van der Waals surface area contributed by atoms with Gasteiger partial charge in [-0.1, -0.05) is 12.1 Å². The molecule has 5 heteroatoms. The molecule has 0 bridgehead atoms. The lowest BCUT2D eigenvalue weighted by atomic mass is 10.3. The van der Waals surface area contributed by atoms with E-state index in [1.54, 1.807) is 6.92 Å². The highest BCUT2D eigenvalue weighted by Gasteiger charge is 2.34. The second-order valence-corrected chi connectivity index (χ2v) is 2.03. The minimum Gasteiger partial charge on any atom is -0.361 e. The summed E-state index contributed by atoms with van der Waals surface area (Å²) in [7, 11) is 0. The number of halogens is 3. The van der Waals surface area contributed by atoms with Crippen LogP contribution in [0.3, 0.4) is 0 Å². The van der Waals surface area contributed by atoms with Crippen LogP contribution in [0.15, 0.2) is 10.6 Å². The Hall–Kier alpha value is -1.00. The van der Waals surface area contributed by atoms with Gasteiger partial charge in [0, 0.05) is 12.5 Å². The van der Waals surface area contributed by atoms with Gasteiger partial charge in [0.2, 0.25) is 0 Å². The van der Waals surface area contributed by atoms with E-state index in [4.69, 9.17) is 0 Å². The van der Waals surface area contributed by atoms with Gasteiger partial charge in [0.1, 0.15) is 5.76 Å². The number of rotatable bonds is 1. The van der Waals surface area contributed by atoms with Crippen molar-refractivity contribution in [3.63, 3.8) is 0 Å². The Morgan fingerprint density at radius 3 is 2.45 bits per heavy atom. The lowest BCUT2D eigenvalue weighted by molar-refractivity contribution is -0.142. The van der Waals surface area contributed by atoms with Crippen LogP contribution in [0.5, 0.6) is 0 Å². The largest absolute Gasteiger partial charge is 0.436 e. The molecule has 0 aliphatic rings. The van der Waals surface area contributed by atoms with Gasteiger partial charge in [-0.25, -0.2) is 0 Å². The van der Waals surface area contributed by atoms with Crippen LogP contribution in [0, 0.1) is 0 Å². The van der Waals surface area contributed by atoms with E-state index < -0.39 is 11.9 Å². The molecule has 0 fully saturated rings. The number of aryl methyl sites for hydroxylation is 1. The summed E-state index contributed by atoms with van der Waals surface area (Å²) in [6.07, 6.45) is -3.97. The van der Waals surface area contributed by atoms with E-state index in [0.29, 0.717) is 6.42 Å². The maximum absolute atomic E-state index is 11.8. The Kier molecular flexibility index (Phi) is 1.89. The van der Waals surface area contributed by atoms with Gasteiger partial charge in [0.25, 0.3) is 0 Å². The predicted octanol–water partition coefficient (Wildman–Crippen LogP) is 2.26. The summed E-state index contributed by atoms with van der Waals surface area (Å²) in [5, 5.41) is 2.86. The van der Waals surface area contributed by atoms with E-state index in [0.717, 1.165) is 6.07 Å². The number of hydrogen-bond donors (Lipinski definition) is 0. The van der Waals surface area contributed by atoms with Crippen LogP contribution in [-0.4, -0.2) is 5.16 Å². The fourth-order valence-corrected chi connectivity index (χ4v) is 0.613. The quantitative estimate of drug-likeness (QED) is 0.637. The van der Waals surface area contributed by atoms with E-state index in [1.807, 2.05) is 0 Å². The van der Waals surface area contributed by atoms with Crippen molar-refractivity contribution >= 4 is 0 Å². The first-order valence-corrected chi connectivity index (χ1v) is 3.07. The van der Waals surface area contributed by atoms with Crippen molar-refractivity contribution in [1.82, 2.24) is 5.16 Å². The average Bonchev–Trinajstić information content (AvgIpc) is 2.32. The number of nitrogens with zero attached hydrogens (tertiary/aromatic N) is 1. The minimum absolute atomic E-state index is 0.248. The van der Waals surface area contributed by atoms with Crippen molar-refractivity contribution in [3.05, 3.63) is 17.5 Å². The highest BCUT2D eigenvalue weighted by atomic mass is 19.4. The summed E-state index contributed by atoms with van der Waals surface area (Å²) >= 11 is 0. The molecule has 0 atom stereocenters. The van der Waals surface area contributed by atoms with Crippen LogP contribution in [0.4, 0.5) is 13.2 Å². The van der Waals surface area contributed by atoms with E-state index in [9.17, 15) is 13.2 Å². The van der Waals surface area contributed by atoms with Crippen molar-refractivity contribution < 1.29 is 17.7 Å². The zero-order valence-electron chi connectivity index (χ0n) is 5.77. The fourth-order valence-electron chi connectivity index (χ4n) is 0.613. The Balaban J connectivity index is 2.89. The van der Waals surface area contributed by atoms with Crippen LogP contribution in [0.25, 0.3) is 0 Å². The van der Waals surface area contributed by atoms with Gasteiger partial charge in [0.05, 0.1) is 0 Å². The summed E-state index contributed by atoms with van der Waals surface area (Å²) in [4.78, 5) is 0. The second-order valence-electron chi connectivity index (χ2n) is 2.03. The summed E-state index contributed by atoms with van der Waals surface area (Å²) in [6, 6.07) is 0.903. The van der Waals surface area contributed by atoms with E-state index in [-0.39, 0.29) is 5.76 Å². The molecule has 1 aromatic heterocycles. The third-order valence-corrected chi connectivity index (χ3v) is 1.20. The molecule has 62 valence electrons. The Morgan fingerprint density at radius 1 is 1.55 bits per heavy atom. The first-order chi connectivity index (χ1) is 5.04. The molecule has 0 aliphatic heterocycles. The minimum atomic E-state index is -4.39. The smallest absolute Gasteiger partial charge is 0.361 e. The molecular weight excluding hydrogens is 159 g/mol. The first-order valence-electron chi connectivity index (χ1n) is 3.07. The lowest BCUT2D eigenvalue weighted by Crippen LogP contribution is -2.04. The molecule has 11 heavy (non-hydrogen) atoms. The third-order valence-electron chi connectivity index (χ3n) is 1.20.